The first kappa shape index (κ1) is 21.5. The number of nitrogens with zero attached hydrogens (tertiary/aromatic N) is 2. The van der Waals surface area contributed by atoms with Crippen LogP contribution in [0.15, 0.2) is 53.4 Å². The zero-order valence-electron chi connectivity index (χ0n) is 17.6. The number of hydrogen-bond acceptors (Lipinski definition) is 4. The molecule has 1 fully saturated rings. The highest BCUT2D eigenvalue weighted by Crippen LogP contribution is 2.26. The summed E-state index contributed by atoms with van der Waals surface area (Å²) >= 11 is 0. The molecule has 2 aliphatic rings. The van der Waals surface area contributed by atoms with E-state index in [1.807, 2.05) is 24.3 Å². The van der Waals surface area contributed by atoms with E-state index in [9.17, 15) is 18.0 Å². The molecule has 2 amide bonds. The van der Waals surface area contributed by atoms with Crippen LogP contribution < -0.4 is 5.32 Å². The van der Waals surface area contributed by atoms with Crippen molar-refractivity contribution in [3.63, 3.8) is 0 Å². The molecule has 8 heteroatoms. The van der Waals surface area contributed by atoms with Crippen LogP contribution in [-0.4, -0.2) is 55.6 Å². The highest BCUT2D eigenvalue weighted by atomic mass is 32.2. The second kappa shape index (κ2) is 8.80. The molecule has 31 heavy (non-hydrogen) atoms. The first-order chi connectivity index (χ1) is 14.9. The van der Waals surface area contributed by atoms with E-state index in [1.54, 1.807) is 24.1 Å². The quantitative estimate of drug-likeness (QED) is 0.788. The minimum Gasteiger partial charge on any atom is -0.357 e. The van der Waals surface area contributed by atoms with Crippen LogP contribution in [0.3, 0.4) is 0 Å². The SMILES string of the molecule is CNC(=O)C1Cc2ccccc2CN1C(=O)c1ccc(S(=O)(=O)N2CCCCC2)cc1. The molecule has 1 saturated heterocycles. The second-order valence-electron chi connectivity index (χ2n) is 8.03. The second-order valence-corrected chi connectivity index (χ2v) is 9.96. The van der Waals surface area contributed by atoms with Crippen molar-refractivity contribution in [2.24, 2.45) is 0 Å². The van der Waals surface area contributed by atoms with Gasteiger partial charge in [-0.05, 0) is 48.2 Å². The Morgan fingerprint density at radius 2 is 1.58 bits per heavy atom. The van der Waals surface area contributed by atoms with Gasteiger partial charge in [-0.2, -0.15) is 4.31 Å². The van der Waals surface area contributed by atoms with Crippen molar-refractivity contribution >= 4 is 21.8 Å². The normalized spacial score (nSPS) is 19.5. The van der Waals surface area contributed by atoms with Crippen molar-refractivity contribution in [2.45, 2.75) is 43.2 Å². The van der Waals surface area contributed by atoms with Crippen molar-refractivity contribution in [3.05, 3.63) is 65.2 Å². The number of carbonyl (C=O) groups is 2. The maximum Gasteiger partial charge on any atom is 0.254 e. The molecule has 7 nitrogen and oxygen atoms in total. The number of rotatable bonds is 4. The highest BCUT2D eigenvalue weighted by Gasteiger charge is 2.35. The average molecular weight is 442 g/mol. The van der Waals surface area contributed by atoms with Gasteiger partial charge >= 0.3 is 0 Å². The van der Waals surface area contributed by atoms with Gasteiger partial charge in [0.15, 0.2) is 0 Å². The third-order valence-electron chi connectivity index (χ3n) is 6.11. The molecular weight excluding hydrogens is 414 g/mol. The Hall–Kier alpha value is -2.71. The van der Waals surface area contributed by atoms with Gasteiger partial charge in [0.25, 0.3) is 5.91 Å². The lowest BCUT2D eigenvalue weighted by Gasteiger charge is -2.36. The molecule has 4 rings (SSSR count). The van der Waals surface area contributed by atoms with Crippen LogP contribution in [0.25, 0.3) is 0 Å². The van der Waals surface area contributed by atoms with E-state index in [2.05, 4.69) is 5.32 Å². The first-order valence-corrected chi connectivity index (χ1v) is 12.1. The van der Waals surface area contributed by atoms with E-state index in [1.165, 1.54) is 16.4 Å². The number of likely N-dealkylation sites (N-methyl/N-ethyl adjacent to an activating group) is 1. The Labute approximate surface area is 183 Å². The molecule has 1 N–H and O–H groups in total. The van der Waals surface area contributed by atoms with Gasteiger partial charge in [-0.3, -0.25) is 9.59 Å². The Kier molecular flexibility index (Phi) is 6.11. The molecule has 0 radical (unpaired) electrons. The van der Waals surface area contributed by atoms with E-state index in [-0.39, 0.29) is 16.7 Å². The number of amides is 2. The van der Waals surface area contributed by atoms with Crippen molar-refractivity contribution in [1.29, 1.82) is 0 Å². The van der Waals surface area contributed by atoms with Crippen LogP contribution in [0.4, 0.5) is 0 Å². The summed E-state index contributed by atoms with van der Waals surface area (Å²) in [4.78, 5) is 27.5. The number of sulfonamides is 1. The average Bonchev–Trinajstić information content (AvgIpc) is 2.83. The standard InChI is InChI=1S/C23H27N3O4S/c1-24-22(27)21-15-18-7-3-4-8-19(18)16-26(21)23(28)17-9-11-20(12-10-17)31(29,30)25-13-5-2-6-14-25/h3-4,7-12,21H,2,5-6,13-16H2,1H3,(H,24,27). The van der Waals surface area contributed by atoms with Crippen LogP contribution in [0, 0.1) is 0 Å². The minimum absolute atomic E-state index is 0.192. The molecule has 0 spiro atoms. The molecule has 0 aliphatic carbocycles. The van der Waals surface area contributed by atoms with Crippen LogP contribution in [-0.2, 0) is 27.8 Å². The van der Waals surface area contributed by atoms with Gasteiger partial charge in [-0.25, -0.2) is 8.42 Å². The van der Waals surface area contributed by atoms with Gasteiger partial charge in [0.1, 0.15) is 6.04 Å². The van der Waals surface area contributed by atoms with Gasteiger partial charge in [-0.15, -0.1) is 0 Å². The van der Waals surface area contributed by atoms with E-state index in [0.717, 1.165) is 30.4 Å². The summed E-state index contributed by atoms with van der Waals surface area (Å²) in [5, 5.41) is 2.65. The fraction of sp³-hybridized carbons (Fsp3) is 0.391. The predicted octanol–water partition coefficient (Wildman–Crippen LogP) is 2.17. The Morgan fingerprint density at radius 1 is 0.935 bits per heavy atom. The molecule has 0 saturated carbocycles. The number of hydrogen-bond donors (Lipinski definition) is 1. The van der Waals surface area contributed by atoms with Crippen molar-refractivity contribution in [3.8, 4) is 0 Å². The minimum atomic E-state index is -3.55. The van der Waals surface area contributed by atoms with Gasteiger partial charge in [0, 0.05) is 38.7 Å². The third kappa shape index (κ3) is 4.22. The summed E-state index contributed by atoms with van der Waals surface area (Å²) in [6.07, 6.45) is 3.23. The third-order valence-corrected chi connectivity index (χ3v) is 8.03. The van der Waals surface area contributed by atoms with Gasteiger partial charge in [0.05, 0.1) is 4.90 Å². The summed E-state index contributed by atoms with van der Waals surface area (Å²) in [7, 11) is -1.99. The molecule has 2 aromatic carbocycles. The van der Waals surface area contributed by atoms with Crippen molar-refractivity contribution < 1.29 is 18.0 Å². The molecule has 164 valence electrons. The van der Waals surface area contributed by atoms with E-state index < -0.39 is 16.1 Å². The maximum atomic E-state index is 13.3. The van der Waals surface area contributed by atoms with Gasteiger partial charge in [0.2, 0.25) is 15.9 Å². The molecule has 1 unspecified atom stereocenters. The summed E-state index contributed by atoms with van der Waals surface area (Å²) in [5.74, 6) is -0.503. The van der Waals surface area contributed by atoms with Crippen LogP contribution in [0.2, 0.25) is 0 Å². The van der Waals surface area contributed by atoms with E-state index in [4.69, 9.17) is 0 Å². The van der Waals surface area contributed by atoms with Crippen LogP contribution in [0.5, 0.6) is 0 Å². The summed E-state index contributed by atoms with van der Waals surface area (Å²) in [5.41, 5.74) is 2.44. The number of piperidine rings is 1. The van der Waals surface area contributed by atoms with Crippen molar-refractivity contribution in [1.82, 2.24) is 14.5 Å². The fourth-order valence-corrected chi connectivity index (χ4v) is 5.84. The number of benzene rings is 2. The Balaban J connectivity index is 1.59. The van der Waals surface area contributed by atoms with E-state index >= 15 is 0 Å². The summed E-state index contributed by atoms with van der Waals surface area (Å²) in [6.45, 7) is 1.40. The molecule has 2 aliphatic heterocycles. The molecular formula is C23H27N3O4S. The monoisotopic (exact) mass is 441 g/mol. The topological polar surface area (TPSA) is 86.8 Å². The lowest BCUT2D eigenvalue weighted by molar-refractivity contribution is -0.125. The zero-order valence-corrected chi connectivity index (χ0v) is 18.4. The lowest BCUT2D eigenvalue weighted by atomic mass is 9.93. The molecule has 2 heterocycles. The van der Waals surface area contributed by atoms with E-state index in [0.29, 0.717) is 31.6 Å². The zero-order chi connectivity index (χ0) is 22.0. The molecule has 1 atom stereocenters. The fourth-order valence-electron chi connectivity index (χ4n) is 4.33. The van der Waals surface area contributed by atoms with Crippen molar-refractivity contribution in [2.75, 3.05) is 20.1 Å². The van der Waals surface area contributed by atoms with Gasteiger partial charge in [-0.1, -0.05) is 30.7 Å². The Morgan fingerprint density at radius 3 is 2.23 bits per heavy atom. The van der Waals surface area contributed by atoms with Crippen LogP contribution >= 0.6 is 0 Å². The number of nitrogens with one attached hydrogen (secondary N) is 1. The highest BCUT2D eigenvalue weighted by molar-refractivity contribution is 7.89. The summed E-state index contributed by atoms with van der Waals surface area (Å²) < 4.78 is 27.2. The number of carbonyl (C=O) groups excluding carboxylic acids is 2. The number of fused-ring (bicyclic) bond motifs is 1. The molecule has 0 aromatic heterocycles. The summed E-state index contributed by atoms with van der Waals surface area (Å²) in [6, 6.07) is 13.2. The largest absolute Gasteiger partial charge is 0.357 e. The van der Waals surface area contributed by atoms with Gasteiger partial charge < -0.3 is 10.2 Å². The molecule has 0 bridgehead atoms. The maximum absolute atomic E-state index is 13.3. The first-order valence-electron chi connectivity index (χ1n) is 10.6. The lowest BCUT2D eigenvalue weighted by Crippen LogP contribution is -2.51. The predicted molar refractivity (Wildman–Crippen MR) is 117 cm³/mol. The smallest absolute Gasteiger partial charge is 0.254 e. The Bertz CT molecular complexity index is 1080. The van der Waals surface area contributed by atoms with Crippen LogP contribution in [0.1, 0.15) is 40.7 Å². The molecule has 2 aromatic rings.